The molecule has 2 aromatic carbocycles. The van der Waals surface area contributed by atoms with Crippen molar-refractivity contribution in [3.05, 3.63) is 53.5 Å². The summed E-state index contributed by atoms with van der Waals surface area (Å²) in [4.78, 5) is 16.6. The number of fused-ring (bicyclic) bond motifs is 1. The summed E-state index contributed by atoms with van der Waals surface area (Å²) in [6.45, 7) is 1.68. The minimum atomic E-state index is -4.10. The summed E-state index contributed by atoms with van der Waals surface area (Å²) in [6.07, 6.45) is 0.612. The maximum absolute atomic E-state index is 13.2. The molecule has 170 valence electrons. The number of benzene rings is 2. The number of para-hydroxylation sites is 1. The zero-order valence-corrected chi connectivity index (χ0v) is 18.9. The van der Waals surface area contributed by atoms with E-state index in [4.69, 9.17) is 9.94 Å². The molecule has 3 aromatic rings. The number of aliphatic hydroxyl groups is 1. The molecule has 9 nitrogen and oxygen atoms in total. The van der Waals surface area contributed by atoms with Crippen molar-refractivity contribution in [3.63, 3.8) is 0 Å². The summed E-state index contributed by atoms with van der Waals surface area (Å²) in [7, 11) is -4.10. The second kappa shape index (κ2) is 8.75. The standard InChI is InChI=1S/C21H23N3O6S2/c1-21(26)11-4-12-24(19(21)20(25)23-27)32(28,29)15-9-7-14(8-10-15)30-13-18-22-16-5-2-3-6-17(16)31-18/h2-3,5-10,19,26-27H,4,11-13H2,1H3,(H,23,25)/t19-,21-/m0/s1. The molecule has 0 saturated carbocycles. The van der Waals surface area contributed by atoms with E-state index in [1.807, 2.05) is 24.3 Å². The lowest BCUT2D eigenvalue weighted by Gasteiger charge is -2.42. The van der Waals surface area contributed by atoms with Crippen LogP contribution in [0, 0.1) is 0 Å². The van der Waals surface area contributed by atoms with Crippen LogP contribution in [0.3, 0.4) is 0 Å². The van der Waals surface area contributed by atoms with Gasteiger partial charge in [0.1, 0.15) is 23.4 Å². The number of rotatable bonds is 6. The first-order chi connectivity index (χ1) is 15.2. The predicted molar refractivity (Wildman–Crippen MR) is 118 cm³/mol. The lowest BCUT2D eigenvalue weighted by atomic mass is 9.87. The van der Waals surface area contributed by atoms with E-state index < -0.39 is 27.6 Å². The maximum Gasteiger partial charge on any atom is 0.264 e. The molecule has 1 aliphatic heterocycles. The number of thiazole rings is 1. The quantitative estimate of drug-likeness (QED) is 0.367. The van der Waals surface area contributed by atoms with Crippen LogP contribution in [0.1, 0.15) is 24.8 Å². The molecule has 1 fully saturated rings. The summed E-state index contributed by atoms with van der Waals surface area (Å²) >= 11 is 1.53. The molecule has 2 heterocycles. The molecule has 32 heavy (non-hydrogen) atoms. The van der Waals surface area contributed by atoms with Gasteiger partial charge in [-0.15, -0.1) is 11.3 Å². The zero-order chi connectivity index (χ0) is 22.9. The number of hydroxylamine groups is 1. The minimum Gasteiger partial charge on any atom is -0.486 e. The highest BCUT2D eigenvalue weighted by Gasteiger charge is 2.49. The molecule has 3 N–H and O–H groups in total. The van der Waals surface area contributed by atoms with Crippen molar-refractivity contribution < 1.29 is 28.3 Å². The van der Waals surface area contributed by atoms with Gasteiger partial charge in [0, 0.05) is 6.54 Å². The van der Waals surface area contributed by atoms with Gasteiger partial charge in [-0.25, -0.2) is 18.9 Å². The zero-order valence-electron chi connectivity index (χ0n) is 17.3. The van der Waals surface area contributed by atoms with E-state index >= 15 is 0 Å². The van der Waals surface area contributed by atoms with Gasteiger partial charge in [0.25, 0.3) is 5.91 Å². The normalized spacial score (nSPS) is 22.0. The van der Waals surface area contributed by atoms with Gasteiger partial charge >= 0.3 is 0 Å². The first kappa shape index (κ1) is 22.6. The van der Waals surface area contributed by atoms with E-state index in [2.05, 4.69) is 4.98 Å². The van der Waals surface area contributed by atoms with Gasteiger partial charge in [-0.3, -0.25) is 10.0 Å². The smallest absolute Gasteiger partial charge is 0.264 e. The molecular formula is C21H23N3O6S2. The molecule has 4 rings (SSSR count). The van der Waals surface area contributed by atoms with Gasteiger partial charge in [-0.1, -0.05) is 12.1 Å². The van der Waals surface area contributed by atoms with Crippen LogP contribution in [0.5, 0.6) is 5.75 Å². The van der Waals surface area contributed by atoms with Crippen LogP contribution in [0.4, 0.5) is 0 Å². The Labute approximate surface area is 189 Å². The van der Waals surface area contributed by atoms with Crippen molar-refractivity contribution in [2.75, 3.05) is 6.54 Å². The number of amides is 1. The van der Waals surface area contributed by atoms with E-state index in [9.17, 15) is 18.3 Å². The summed E-state index contributed by atoms with van der Waals surface area (Å²) in [5.41, 5.74) is 0.752. The summed E-state index contributed by atoms with van der Waals surface area (Å²) in [5.74, 6) is -0.507. The van der Waals surface area contributed by atoms with Crippen molar-refractivity contribution in [2.45, 2.75) is 42.9 Å². The number of ether oxygens (including phenoxy) is 1. The highest BCUT2D eigenvalue weighted by Crippen LogP contribution is 2.33. The number of hydrogen-bond donors (Lipinski definition) is 3. The number of carbonyl (C=O) groups is 1. The highest BCUT2D eigenvalue weighted by molar-refractivity contribution is 7.89. The van der Waals surface area contributed by atoms with Crippen LogP contribution in [-0.2, 0) is 21.4 Å². The van der Waals surface area contributed by atoms with Crippen molar-refractivity contribution in [3.8, 4) is 5.75 Å². The molecule has 0 radical (unpaired) electrons. The van der Waals surface area contributed by atoms with Crippen LogP contribution < -0.4 is 10.2 Å². The Morgan fingerprint density at radius 1 is 1.28 bits per heavy atom. The van der Waals surface area contributed by atoms with Gasteiger partial charge in [0.05, 0.1) is 20.7 Å². The fourth-order valence-corrected chi connectivity index (χ4v) is 6.47. The number of nitrogens with zero attached hydrogens (tertiary/aromatic N) is 2. The number of sulfonamides is 1. The number of piperidine rings is 1. The number of nitrogens with one attached hydrogen (secondary N) is 1. The third kappa shape index (κ3) is 4.34. The summed E-state index contributed by atoms with van der Waals surface area (Å²) in [5, 5.41) is 20.4. The summed E-state index contributed by atoms with van der Waals surface area (Å²) < 4.78 is 34.1. The topological polar surface area (TPSA) is 129 Å². The SMILES string of the molecule is C[C@]1(O)CCCN(S(=O)(=O)c2ccc(OCc3nc4ccccc4s3)cc2)[C@H]1C(=O)NO. The Balaban J connectivity index is 1.51. The first-order valence-electron chi connectivity index (χ1n) is 9.98. The third-order valence-corrected chi connectivity index (χ3v) is 8.32. The number of carbonyl (C=O) groups excluding carboxylic acids is 1. The number of hydrogen-bond acceptors (Lipinski definition) is 8. The van der Waals surface area contributed by atoms with Gasteiger partial charge in [0.2, 0.25) is 10.0 Å². The minimum absolute atomic E-state index is 0.0433. The average Bonchev–Trinajstić information content (AvgIpc) is 3.20. The van der Waals surface area contributed by atoms with Gasteiger partial charge in [0.15, 0.2) is 0 Å². The molecular weight excluding hydrogens is 454 g/mol. The lowest BCUT2D eigenvalue weighted by molar-refractivity contribution is -0.144. The second-order valence-electron chi connectivity index (χ2n) is 7.79. The fraction of sp³-hybridized carbons (Fsp3) is 0.333. The van der Waals surface area contributed by atoms with Gasteiger partial charge in [-0.2, -0.15) is 4.31 Å². The average molecular weight is 478 g/mol. The maximum atomic E-state index is 13.2. The molecule has 1 saturated heterocycles. The van der Waals surface area contributed by atoms with Crippen LogP contribution >= 0.6 is 11.3 Å². The van der Waals surface area contributed by atoms with Gasteiger partial charge in [-0.05, 0) is 56.2 Å². The molecule has 11 heteroatoms. The van der Waals surface area contributed by atoms with E-state index in [1.54, 1.807) is 0 Å². The molecule has 0 bridgehead atoms. The third-order valence-electron chi connectivity index (χ3n) is 5.43. The van der Waals surface area contributed by atoms with Crippen LogP contribution in [0.25, 0.3) is 10.2 Å². The Morgan fingerprint density at radius 3 is 2.69 bits per heavy atom. The Kier molecular flexibility index (Phi) is 6.19. The highest BCUT2D eigenvalue weighted by atomic mass is 32.2. The molecule has 1 aliphatic rings. The molecule has 0 unspecified atom stereocenters. The lowest BCUT2D eigenvalue weighted by Crippen LogP contribution is -2.62. The van der Waals surface area contributed by atoms with Crippen molar-refractivity contribution >= 4 is 37.5 Å². The molecule has 1 amide bonds. The molecule has 0 spiro atoms. The number of aromatic nitrogens is 1. The largest absolute Gasteiger partial charge is 0.486 e. The van der Waals surface area contributed by atoms with E-state index in [1.165, 1.54) is 48.0 Å². The second-order valence-corrected chi connectivity index (χ2v) is 10.8. The molecule has 1 aromatic heterocycles. The molecule has 2 atom stereocenters. The van der Waals surface area contributed by atoms with Crippen molar-refractivity contribution in [2.24, 2.45) is 0 Å². The van der Waals surface area contributed by atoms with Crippen molar-refractivity contribution in [1.82, 2.24) is 14.8 Å². The van der Waals surface area contributed by atoms with E-state index in [0.717, 1.165) is 19.5 Å². The van der Waals surface area contributed by atoms with Crippen molar-refractivity contribution in [1.29, 1.82) is 0 Å². The van der Waals surface area contributed by atoms with Crippen LogP contribution in [-0.4, -0.2) is 52.1 Å². The summed E-state index contributed by atoms with van der Waals surface area (Å²) in [6, 6.07) is 12.2. The monoisotopic (exact) mass is 477 g/mol. The fourth-order valence-electron chi connectivity index (χ4n) is 3.87. The van der Waals surface area contributed by atoms with E-state index in [-0.39, 0.29) is 24.5 Å². The molecule has 0 aliphatic carbocycles. The Hall–Kier alpha value is -2.57. The van der Waals surface area contributed by atoms with E-state index in [0.29, 0.717) is 12.2 Å². The first-order valence-corrected chi connectivity index (χ1v) is 12.2. The predicted octanol–water partition coefficient (Wildman–Crippen LogP) is 2.28. The van der Waals surface area contributed by atoms with Crippen LogP contribution in [0.15, 0.2) is 53.4 Å². The Bertz CT molecular complexity index is 1190. The van der Waals surface area contributed by atoms with Crippen LogP contribution in [0.2, 0.25) is 0 Å². The Morgan fingerprint density at radius 2 is 2.00 bits per heavy atom. The van der Waals surface area contributed by atoms with Gasteiger partial charge < -0.3 is 9.84 Å².